The molecule has 1 aromatic carbocycles. The first-order valence-corrected chi connectivity index (χ1v) is 16.6. The number of rotatable bonds is 14. The second kappa shape index (κ2) is 17.1. The molecule has 0 spiro atoms. The molecule has 1 saturated heterocycles. The van der Waals surface area contributed by atoms with Crippen LogP contribution in [-0.2, 0) is 34.6 Å². The number of benzene rings is 1. The third-order valence-corrected chi connectivity index (χ3v) is 10.4. The van der Waals surface area contributed by atoms with Gasteiger partial charge in [-0.25, -0.2) is 0 Å². The Labute approximate surface area is 261 Å². The predicted molar refractivity (Wildman–Crippen MR) is 148 cm³/mol. The first-order valence-electron chi connectivity index (χ1n) is 14.6. The number of aryl methyl sites for hydroxylation is 1. The molecule has 0 N–H and O–H groups in total. The summed E-state index contributed by atoms with van der Waals surface area (Å²) < 4.78 is 25.6. The molecule has 1 aliphatic carbocycles. The normalized spacial score (nSPS) is 21.9. The van der Waals surface area contributed by atoms with E-state index in [1.165, 1.54) is 16.9 Å². The van der Waals surface area contributed by atoms with Gasteiger partial charge in [-0.15, -0.1) is 0 Å². The van der Waals surface area contributed by atoms with Crippen LogP contribution in [-0.4, -0.2) is 53.9 Å². The van der Waals surface area contributed by atoms with Gasteiger partial charge in [-0.2, -0.15) is 0 Å². The number of hydrogen-bond donors (Lipinski definition) is 0. The minimum Gasteiger partial charge on any atom is -0.548 e. The van der Waals surface area contributed by atoms with Gasteiger partial charge in [0, 0.05) is 25.0 Å². The molecular weight excluding hydrogens is 540 g/mol. The molecule has 0 bridgehead atoms. The number of nitrogens with zero attached hydrogens (tertiary/aromatic N) is 1. The van der Waals surface area contributed by atoms with Gasteiger partial charge in [0.15, 0.2) is 0 Å². The number of amides is 1. The molecule has 4 atom stereocenters. The van der Waals surface area contributed by atoms with Crippen LogP contribution >= 0.6 is 7.37 Å². The van der Waals surface area contributed by atoms with Crippen molar-refractivity contribution in [1.29, 1.82) is 0 Å². The second-order valence-electron chi connectivity index (χ2n) is 11.5. The van der Waals surface area contributed by atoms with E-state index < -0.39 is 43.7 Å². The van der Waals surface area contributed by atoms with Gasteiger partial charge in [-0.05, 0) is 43.1 Å². The van der Waals surface area contributed by atoms with Gasteiger partial charge in [0.1, 0.15) is 6.16 Å². The van der Waals surface area contributed by atoms with Crippen molar-refractivity contribution in [2.24, 2.45) is 17.8 Å². The van der Waals surface area contributed by atoms with Gasteiger partial charge in [0.25, 0.3) is 0 Å². The van der Waals surface area contributed by atoms with Crippen molar-refractivity contribution in [3.63, 3.8) is 0 Å². The van der Waals surface area contributed by atoms with E-state index in [0.717, 1.165) is 38.5 Å². The molecule has 40 heavy (non-hydrogen) atoms. The van der Waals surface area contributed by atoms with Crippen molar-refractivity contribution < 1.29 is 62.9 Å². The summed E-state index contributed by atoms with van der Waals surface area (Å²) >= 11 is 0. The Bertz CT molecular complexity index is 999. The number of carbonyl (C=O) groups excluding carboxylic acids is 3. The maximum atomic E-state index is 14.2. The van der Waals surface area contributed by atoms with Gasteiger partial charge < -0.3 is 19.5 Å². The van der Waals surface area contributed by atoms with E-state index in [1.807, 2.05) is 30.3 Å². The zero-order valence-corrected chi connectivity index (χ0v) is 27.6. The number of aliphatic carboxylic acids is 1. The topological polar surface area (TPSA) is 113 Å². The number of unbranched alkanes of at least 4 members (excludes halogenated alkanes) is 1. The molecule has 10 heteroatoms. The van der Waals surface area contributed by atoms with Crippen LogP contribution in [0.5, 0.6) is 0 Å². The quantitative estimate of drug-likeness (QED) is 0.108. The minimum absolute atomic E-state index is 0. The first kappa shape index (κ1) is 35.0. The molecule has 1 heterocycles. The smallest absolute Gasteiger partial charge is 0.548 e. The average Bonchev–Trinajstić information content (AvgIpc) is 3.38. The van der Waals surface area contributed by atoms with Gasteiger partial charge in [0.05, 0.1) is 12.0 Å². The minimum atomic E-state index is -3.62. The molecule has 3 rings (SSSR count). The Morgan fingerprint density at radius 2 is 1.73 bits per heavy atom. The van der Waals surface area contributed by atoms with Crippen molar-refractivity contribution in [2.45, 2.75) is 97.3 Å². The summed E-state index contributed by atoms with van der Waals surface area (Å²) in [6.45, 7) is 5.62. The van der Waals surface area contributed by atoms with Gasteiger partial charge in [-0.3, -0.25) is 18.7 Å². The maximum absolute atomic E-state index is 14.2. The second-order valence-corrected chi connectivity index (χ2v) is 14.1. The van der Waals surface area contributed by atoms with Crippen LogP contribution in [0.1, 0.15) is 84.1 Å². The van der Waals surface area contributed by atoms with Gasteiger partial charge >= 0.3 is 35.5 Å². The molecule has 0 radical (unpaired) electrons. The number of carboxylic acid groups (broad SMARTS) is 1. The average molecular weight is 586 g/mol. The summed E-state index contributed by atoms with van der Waals surface area (Å²) in [7, 11) is -3.62. The summed E-state index contributed by atoms with van der Waals surface area (Å²) in [5.41, 5.74) is 1.17. The van der Waals surface area contributed by atoms with E-state index in [2.05, 4.69) is 0 Å². The fourth-order valence-electron chi connectivity index (χ4n) is 5.79. The third-order valence-electron chi connectivity index (χ3n) is 8.05. The van der Waals surface area contributed by atoms with E-state index in [4.69, 9.17) is 9.26 Å². The van der Waals surface area contributed by atoms with E-state index in [9.17, 15) is 24.1 Å². The van der Waals surface area contributed by atoms with Crippen LogP contribution in [0.4, 0.5) is 0 Å². The Balaban J connectivity index is 0.00000560. The third kappa shape index (κ3) is 10.6. The summed E-state index contributed by atoms with van der Waals surface area (Å²) in [4.78, 5) is 39.0. The number of carboxylic acids is 1. The SMILES string of the molecule is CCC(=O)O[C@H](O[P@](=O)(CCCCc1ccccc1)CC(=O)N1C[C@H](C2CCCCC2)C[C@H]1C(=O)[O-])C(C)C.[Na+]. The van der Waals surface area contributed by atoms with E-state index in [-0.39, 0.29) is 54.0 Å². The predicted octanol–water partition coefficient (Wildman–Crippen LogP) is 1.79. The van der Waals surface area contributed by atoms with Crippen molar-refractivity contribution in [2.75, 3.05) is 18.9 Å². The largest absolute Gasteiger partial charge is 1.00 e. The molecule has 218 valence electrons. The van der Waals surface area contributed by atoms with Crippen molar-refractivity contribution in [3.8, 4) is 0 Å². The van der Waals surface area contributed by atoms with Crippen LogP contribution in [0.25, 0.3) is 0 Å². The molecule has 1 aliphatic heterocycles. The molecule has 8 nitrogen and oxygen atoms in total. The summed E-state index contributed by atoms with van der Waals surface area (Å²) in [6, 6.07) is 8.96. The Morgan fingerprint density at radius 1 is 1.05 bits per heavy atom. The maximum Gasteiger partial charge on any atom is 1.00 e. The van der Waals surface area contributed by atoms with Crippen LogP contribution in [0.2, 0.25) is 0 Å². The monoisotopic (exact) mass is 585 g/mol. The van der Waals surface area contributed by atoms with Crippen LogP contribution in [0.3, 0.4) is 0 Å². The van der Waals surface area contributed by atoms with Crippen LogP contribution in [0, 0.1) is 17.8 Å². The number of carbonyl (C=O) groups is 3. The van der Waals surface area contributed by atoms with Gasteiger partial charge in [-0.1, -0.05) is 83.2 Å². The Hall–Kier alpha value is -1.18. The number of likely N-dealkylation sites (tertiary alicyclic amines) is 1. The van der Waals surface area contributed by atoms with E-state index in [1.54, 1.807) is 20.8 Å². The first-order chi connectivity index (χ1) is 18.6. The number of hydrogen-bond acceptors (Lipinski definition) is 7. The number of ether oxygens (including phenoxy) is 1. The zero-order chi connectivity index (χ0) is 28.4. The summed E-state index contributed by atoms with van der Waals surface area (Å²) in [5.74, 6) is -1.99. The zero-order valence-electron chi connectivity index (χ0n) is 24.7. The van der Waals surface area contributed by atoms with Crippen molar-refractivity contribution in [3.05, 3.63) is 35.9 Å². The van der Waals surface area contributed by atoms with E-state index >= 15 is 0 Å². The molecule has 0 aromatic heterocycles. The molecular formula is C30H45NNaO7P. The van der Waals surface area contributed by atoms with E-state index in [0.29, 0.717) is 25.3 Å². The molecule has 2 aliphatic rings. The van der Waals surface area contributed by atoms with Crippen molar-refractivity contribution >= 4 is 25.2 Å². The Morgan fingerprint density at radius 3 is 2.33 bits per heavy atom. The van der Waals surface area contributed by atoms with Crippen molar-refractivity contribution in [1.82, 2.24) is 4.90 Å². The summed E-state index contributed by atoms with van der Waals surface area (Å²) in [6.07, 6.45) is 6.88. The Kier molecular flexibility index (Phi) is 14.9. The van der Waals surface area contributed by atoms with Gasteiger partial charge in [0.2, 0.25) is 19.6 Å². The molecule has 0 unspecified atom stereocenters. The van der Waals surface area contributed by atoms with Crippen LogP contribution in [0.15, 0.2) is 30.3 Å². The molecule has 1 saturated carbocycles. The fourth-order valence-corrected chi connectivity index (χ4v) is 8.09. The standard InChI is InChI=1S/C30H46NO7P.Na/c1-4-28(33)37-30(22(2)3)38-39(36,18-12-11-15-23-13-7-5-8-14-23)21-27(32)31-20-25(19-26(31)29(34)35)24-16-9-6-10-17-24;/h5,7-8,13-14,22,24-26,30H,4,6,9-12,15-21H2,1-3H3,(H,34,35);/q;+1/p-1/t25-,26+,30-,39-;/m1./s1. The molecule has 1 aromatic rings. The molecule has 1 amide bonds. The number of esters is 1. The van der Waals surface area contributed by atoms with Crippen LogP contribution < -0.4 is 34.7 Å². The fraction of sp³-hybridized carbons (Fsp3) is 0.700. The molecule has 2 fully saturated rings. The summed E-state index contributed by atoms with van der Waals surface area (Å²) in [5, 5.41) is 12.0.